The Balaban J connectivity index is 1.29. The van der Waals surface area contributed by atoms with Gasteiger partial charge in [0, 0.05) is 37.3 Å². The molecule has 3 atom stereocenters. The summed E-state index contributed by atoms with van der Waals surface area (Å²) < 4.78 is 17.3. The molecular weight excluding hydrogens is 578 g/mol. The highest BCUT2D eigenvalue weighted by molar-refractivity contribution is 5.88. The topological polar surface area (TPSA) is 151 Å². The molecule has 0 radical (unpaired) electrons. The fourth-order valence-electron chi connectivity index (χ4n) is 5.73. The van der Waals surface area contributed by atoms with Gasteiger partial charge in [0.1, 0.15) is 30.8 Å². The molecule has 2 heterocycles. The van der Waals surface area contributed by atoms with Crippen molar-refractivity contribution in [1.29, 1.82) is 0 Å². The molecule has 1 saturated carbocycles. The molecule has 1 aliphatic carbocycles. The van der Waals surface area contributed by atoms with Crippen molar-refractivity contribution in [2.24, 2.45) is 5.41 Å². The Morgan fingerprint density at radius 1 is 1.16 bits per heavy atom. The van der Waals surface area contributed by atoms with Crippen molar-refractivity contribution in [2.45, 2.75) is 70.2 Å². The molecule has 244 valence electrons. The lowest BCUT2D eigenvalue weighted by molar-refractivity contribution is -0.144. The lowest BCUT2D eigenvalue weighted by Gasteiger charge is -2.33. The molecule has 0 spiro atoms. The van der Waals surface area contributed by atoms with Crippen LogP contribution in [-0.2, 0) is 30.5 Å². The molecule has 2 fully saturated rings. The predicted molar refractivity (Wildman–Crippen MR) is 168 cm³/mol. The van der Waals surface area contributed by atoms with Crippen LogP contribution in [0, 0.1) is 5.41 Å². The largest absolute Gasteiger partial charge is 0.497 e. The lowest BCUT2D eigenvalue weighted by atomic mass is 9.75. The average Bonchev–Trinajstić information content (AvgIpc) is 3.47. The Kier molecular flexibility index (Phi) is 12.0. The summed E-state index contributed by atoms with van der Waals surface area (Å²) in [6.07, 6.45) is 6.34. The Hall–Kier alpha value is -4.32. The third-order valence-electron chi connectivity index (χ3n) is 8.49. The molecule has 0 unspecified atom stereocenters. The molecule has 1 saturated heterocycles. The minimum Gasteiger partial charge on any atom is -0.497 e. The van der Waals surface area contributed by atoms with Crippen molar-refractivity contribution in [3.63, 3.8) is 0 Å². The highest BCUT2D eigenvalue weighted by atomic mass is 16.5. The number of nitrogens with one attached hydrogen (secondary N) is 3. The first-order chi connectivity index (χ1) is 21.7. The third-order valence-corrected chi connectivity index (χ3v) is 8.49. The van der Waals surface area contributed by atoms with Crippen molar-refractivity contribution >= 4 is 23.6 Å². The predicted octanol–water partition coefficient (Wildman–Crippen LogP) is 3.31. The van der Waals surface area contributed by atoms with Gasteiger partial charge in [0.05, 0.1) is 19.3 Å². The third kappa shape index (κ3) is 9.84. The van der Waals surface area contributed by atoms with Crippen LogP contribution in [0.3, 0.4) is 0 Å². The van der Waals surface area contributed by atoms with E-state index in [2.05, 4.69) is 27.5 Å². The van der Waals surface area contributed by atoms with Crippen molar-refractivity contribution in [2.75, 3.05) is 38.7 Å². The molecule has 2 aromatic rings. The number of aliphatic carboxylic acids is 1. The van der Waals surface area contributed by atoms with Crippen LogP contribution in [0.4, 0.5) is 5.82 Å². The molecule has 2 amide bonds. The first-order valence-corrected chi connectivity index (χ1v) is 15.4. The number of anilines is 1. The summed E-state index contributed by atoms with van der Waals surface area (Å²) in [6.45, 7) is 6.86. The smallest absolute Gasteiger partial charge is 0.328 e. The van der Waals surface area contributed by atoms with Crippen LogP contribution in [0.15, 0.2) is 61.1 Å². The lowest BCUT2D eigenvalue weighted by Crippen LogP contribution is -2.53. The second kappa shape index (κ2) is 16.1. The quantitative estimate of drug-likeness (QED) is 0.205. The fourth-order valence-corrected chi connectivity index (χ4v) is 5.73. The van der Waals surface area contributed by atoms with E-state index in [9.17, 15) is 19.5 Å². The van der Waals surface area contributed by atoms with E-state index < -0.39 is 23.3 Å². The van der Waals surface area contributed by atoms with Gasteiger partial charge in [-0.05, 0) is 37.5 Å². The Morgan fingerprint density at radius 2 is 1.91 bits per heavy atom. The number of likely N-dealkylation sites (tertiary alicyclic amines) is 1. The molecule has 2 aliphatic rings. The van der Waals surface area contributed by atoms with Crippen LogP contribution in [-0.4, -0.2) is 84.3 Å². The van der Waals surface area contributed by atoms with Crippen molar-refractivity contribution in [3.05, 3.63) is 66.7 Å². The minimum absolute atomic E-state index is 0.0675. The number of methoxy groups -OCH3 is 1. The molecule has 12 heteroatoms. The van der Waals surface area contributed by atoms with E-state index in [0.29, 0.717) is 43.6 Å². The van der Waals surface area contributed by atoms with Gasteiger partial charge in [-0.1, -0.05) is 56.5 Å². The van der Waals surface area contributed by atoms with Gasteiger partial charge in [-0.25, -0.2) is 9.78 Å². The number of aromatic nitrogens is 1. The van der Waals surface area contributed by atoms with Crippen molar-refractivity contribution in [1.82, 2.24) is 20.5 Å². The maximum absolute atomic E-state index is 12.8. The van der Waals surface area contributed by atoms with Crippen LogP contribution in [0.5, 0.6) is 5.75 Å². The van der Waals surface area contributed by atoms with E-state index in [-0.39, 0.29) is 31.2 Å². The number of benzene rings is 1. The van der Waals surface area contributed by atoms with Crippen LogP contribution in [0.25, 0.3) is 0 Å². The summed E-state index contributed by atoms with van der Waals surface area (Å²) in [7, 11) is 1.60. The SMILES string of the molecule is C=C(OCc1ccccc1)N1C[C@H](OCC(=O)NC[C@H](NC(=O)C2(C)CCCCC2)C(=O)O)C[C@H]1CNc1cc(OC)ccn1. The van der Waals surface area contributed by atoms with Gasteiger partial charge in [0.2, 0.25) is 11.8 Å². The number of amides is 2. The number of ether oxygens (including phenoxy) is 3. The van der Waals surface area contributed by atoms with Gasteiger partial charge >= 0.3 is 5.97 Å². The second-order valence-electron chi connectivity index (χ2n) is 11.9. The summed E-state index contributed by atoms with van der Waals surface area (Å²) in [5, 5.41) is 18.2. The number of rotatable bonds is 16. The van der Waals surface area contributed by atoms with Gasteiger partial charge in [-0.2, -0.15) is 0 Å². The fraction of sp³-hybridized carbons (Fsp3) is 0.515. The molecule has 4 rings (SSSR count). The highest BCUT2D eigenvalue weighted by Gasteiger charge is 2.37. The molecule has 4 N–H and O–H groups in total. The first kappa shape index (κ1) is 33.6. The zero-order chi connectivity index (χ0) is 32.2. The summed E-state index contributed by atoms with van der Waals surface area (Å²) in [6, 6.07) is 12.1. The van der Waals surface area contributed by atoms with Crippen LogP contribution in [0.1, 0.15) is 51.0 Å². The molecule has 45 heavy (non-hydrogen) atoms. The van der Waals surface area contributed by atoms with E-state index in [4.69, 9.17) is 14.2 Å². The maximum atomic E-state index is 12.8. The number of carboxylic acids is 1. The van der Waals surface area contributed by atoms with Gasteiger partial charge < -0.3 is 40.2 Å². The standard InChI is InChI=1S/C33H45N5O7/c1-23(44-21-24-10-6-4-7-11-24)38-20-27(16-25(38)18-35-29-17-26(43-3)12-15-34-29)45-22-30(39)36-19-28(31(40)41)37-32(42)33(2)13-8-5-9-14-33/h4,6-7,10-12,15,17,25,27-28H,1,5,8-9,13-14,16,18-22H2,2-3H3,(H,34,35)(H,36,39)(H,37,42)(H,40,41)/t25-,27+,28-/m0/s1. The second-order valence-corrected chi connectivity index (χ2v) is 11.9. The maximum Gasteiger partial charge on any atom is 0.328 e. The summed E-state index contributed by atoms with van der Waals surface area (Å²) in [4.78, 5) is 43.7. The van der Waals surface area contributed by atoms with E-state index in [0.717, 1.165) is 37.7 Å². The van der Waals surface area contributed by atoms with Gasteiger partial charge in [-0.3, -0.25) is 9.59 Å². The van der Waals surface area contributed by atoms with E-state index in [1.54, 1.807) is 25.4 Å². The molecule has 12 nitrogen and oxygen atoms in total. The van der Waals surface area contributed by atoms with Gasteiger partial charge in [0.15, 0.2) is 5.88 Å². The monoisotopic (exact) mass is 623 g/mol. The van der Waals surface area contributed by atoms with Gasteiger partial charge in [-0.15, -0.1) is 0 Å². The number of carbonyl (C=O) groups excluding carboxylic acids is 2. The number of hydrogen-bond donors (Lipinski definition) is 4. The van der Waals surface area contributed by atoms with Gasteiger partial charge in [0.25, 0.3) is 0 Å². The summed E-state index contributed by atoms with van der Waals surface area (Å²) in [5.74, 6) is -0.119. The minimum atomic E-state index is -1.23. The van der Waals surface area contributed by atoms with E-state index in [1.807, 2.05) is 42.2 Å². The first-order valence-electron chi connectivity index (χ1n) is 15.4. The molecule has 1 aliphatic heterocycles. The zero-order valence-corrected chi connectivity index (χ0v) is 26.1. The number of carbonyl (C=O) groups is 3. The number of hydrogen-bond acceptors (Lipinski definition) is 9. The van der Waals surface area contributed by atoms with Crippen LogP contribution < -0.4 is 20.7 Å². The van der Waals surface area contributed by atoms with E-state index in [1.165, 1.54) is 0 Å². The Morgan fingerprint density at radius 3 is 2.62 bits per heavy atom. The number of pyridine rings is 1. The normalized spacial score (nSPS) is 19.6. The number of nitrogens with zero attached hydrogens (tertiary/aromatic N) is 2. The zero-order valence-electron chi connectivity index (χ0n) is 26.1. The number of carboxylic acid groups (broad SMARTS) is 1. The van der Waals surface area contributed by atoms with E-state index >= 15 is 0 Å². The van der Waals surface area contributed by atoms with Crippen molar-refractivity contribution in [3.8, 4) is 5.75 Å². The Labute approximate surface area is 264 Å². The summed E-state index contributed by atoms with van der Waals surface area (Å²) >= 11 is 0. The van der Waals surface area contributed by atoms with Crippen LogP contribution >= 0.6 is 0 Å². The average molecular weight is 624 g/mol. The summed E-state index contributed by atoms with van der Waals surface area (Å²) in [5.41, 5.74) is 0.428. The van der Waals surface area contributed by atoms with Crippen molar-refractivity contribution < 1.29 is 33.7 Å². The molecule has 0 bridgehead atoms. The Bertz CT molecular complexity index is 1300. The molecule has 1 aromatic carbocycles. The molecule has 1 aromatic heterocycles. The molecular formula is C33H45N5O7. The van der Waals surface area contributed by atoms with Crippen LogP contribution in [0.2, 0.25) is 0 Å². The highest BCUT2D eigenvalue weighted by Crippen LogP contribution is 2.36.